The number of allylic oxidation sites excluding steroid dienone is 2. The summed E-state index contributed by atoms with van der Waals surface area (Å²) < 4.78 is 0. The summed E-state index contributed by atoms with van der Waals surface area (Å²) in [6, 6.07) is 4.11. The van der Waals surface area contributed by atoms with E-state index in [0.717, 1.165) is 16.7 Å². The lowest BCUT2D eigenvalue weighted by atomic mass is 9.91. The second-order valence-corrected chi connectivity index (χ2v) is 5.06. The summed E-state index contributed by atoms with van der Waals surface area (Å²) in [5.74, 6) is 0.222. The fourth-order valence-electron chi connectivity index (χ4n) is 2.72. The van der Waals surface area contributed by atoms with Crippen LogP contribution in [0.15, 0.2) is 17.9 Å². The van der Waals surface area contributed by atoms with Gasteiger partial charge in [-0.15, -0.1) is 0 Å². The molecule has 1 unspecified atom stereocenters. The molecular weight excluding hydrogens is 212 g/mol. The van der Waals surface area contributed by atoms with Crippen molar-refractivity contribution in [1.29, 1.82) is 0 Å². The first-order chi connectivity index (χ1) is 7.91. The quantitative estimate of drug-likeness (QED) is 0.801. The first-order valence-electron chi connectivity index (χ1n) is 5.96. The van der Waals surface area contributed by atoms with E-state index in [9.17, 15) is 9.90 Å². The Morgan fingerprint density at radius 1 is 1.18 bits per heavy atom. The number of aliphatic hydroxyl groups excluding tert-OH is 1. The lowest BCUT2D eigenvalue weighted by molar-refractivity contribution is -0.116. The molecule has 0 spiro atoms. The molecule has 1 aliphatic rings. The van der Waals surface area contributed by atoms with E-state index < -0.39 is 0 Å². The van der Waals surface area contributed by atoms with Crippen LogP contribution < -0.4 is 0 Å². The van der Waals surface area contributed by atoms with Gasteiger partial charge in [-0.25, -0.2) is 0 Å². The van der Waals surface area contributed by atoms with Crippen LogP contribution in [0.4, 0.5) is 0 Å². The van der Waals surface area contributed by atoms with Crippen LogP contribution in [-0.4, -0.2) is 10.9 Å². The van der Waals surface area contributed by atoms with E-state index in [-0.39, 0.29) is 17.5 Å². The average Bonchev–Trinajstić information content (AvgIpc) is 2.43. The molecule has 1 aliphatic carbocycles. The molecule has 0 heterocycles. The zero-order valence-corrected chi connectivity index (χ0v) is 10.8. The lowest BCUT2D eigenvalue weighted by Crippen LogP contribution is -2.07. The zero-order chi connectivity index (χ0) is 12.7. The minimum atomic E-state index is -0.0925. The SMILES string of the molecule is Cc1cc(C)c(C2=C(O)CC(C)C2=O)c(C)c1. The normalized spacial score (nSPS) is 20.2. The van der Waals surface area contributed by atoms with Crippen LogP contribution in [0.2, 0.25) is 0 Å². The van der Waals surface area contributed by atoms with Crippen LogP contribution >= 0.6 is 0 Å². The summed E-state index contributed by atoms with van der Waals surface area (Å²) in [7, 11) is 0. The molecule has 0 aliphatic heterocycles. The number of hydrogen-bond acceptors (Lipinski definition) is 2. The maximum Gasteiger partial charge on any atom is 0.170 e. The summed E-state index contributed by atoms with van der Waals surface area (Å²) >= 11 is 0. The predicted molar refractivity (Wildman–Crippen MR) is 69.0 cm³/mol. The standard InChI is InChI=1S/C15H18O2/c1-8-5-9(2)13(10(3)6-8)14-12(16)7-11(4)15(14)17/h5-6,11,16H,7H2,1-4H3. The van der Waals surface area contributed by atoms with Gasteiger partial charge in [0, 0.05) is 12.3 Å². The van der Waals surface area contributed by atoms with E-state index in [2.05, 4.69) is 12.1 Å². The Morgan fingerprint density at radius 3 is 2.12 bits per heavy atom. The maximum absolute atomic E-state index is 12.1. The molecule has 1 atom stereocenters. The minimum absolute atomic E-state index is 0.0672. The van der Waals surface area contributed by atoms with Crippen molar-refractivity contribution in [3.8, 4) is 0 Å². The number of Topliss-reactive ketones (excluding diaryl/α,β-unsaturated/α-hetero) is 1. The molecule has 0 radical (unpaired) electrons. The van der Waals surface area contributed by atoms with Crippen LogP contribution in [0.25, 0.3) is 5.57 Å². The maximum atomic E-state index is 12.1. The van der Waals surface area contributed by atoms with Gasteiger partial charge in [-0.05, 0) is 37.5 Å². The zero-order valence-electron chi connectivity index (χ0n) is 10.8. The van der Waals surface area contributed by atoms with Crippen LogP contribution in [0.3, 0.4) is 0 Å². The number of ketones is 1. The number of carbonyl (C=O) groups excluding carboxylic acids is 1. The first kappa shape index (κ1) is 11.9. The summed E-state index contributed by atoms with van der Waals surface area (Å²) in [5, 5.41) is 9.96. The molecule has 1 aromatic rings. The van der Waals surface area contributed by atoms with Crippen molar-refractivity contribution in [3.63, 3.8) is 0 Å². The van der Waals surface area contributed by atoms with Crippen LogP contribution in [-0.2, 0) is 4.79 Å². The minimum Gasteiger partial charge on any atom is -0.512 e. The number of hydrogen-bond donors (Lipinski definition) is 1. The second kappa shape index (κ2) is 4.02. The molecule has 17 heavy (non-hydrogen) atoms. The number of benzene rings is 1. The average molecular weight is 230 g/mol. The fourth-order valence-corrected chi connectivity index (χ4v) is 2.72. The lowest BCUT2D eigenvalue weighted by Gasteiger charge is -2.12. The molecule has 0 aromatic heterocycles. The summed E-state index contributed by atoms with van der Waals surface area (Å²) in [6.45, 7) is 7.89. The molecular formula is C15H18O2. The van der Waals surface area contributed by atoms with Gasteiger partial charge < -0.3 is 5.11 Å². The number of aliphatic hydroxyl groups is 1. The van der Waals surface area contributed by atoms with Crippen LogP contribution in [0.5, 0.6) is 0 Å². The van der Waals surface area contributed by atoms with E-state index in [1.165, 1.54) is 5.56 Å². The van der Waals surface area contributed by atoms with Gasteiger partial charge in [0.05, 0.1) is 5.57 Å². The van der Waals surface area contributed by atoms with E-state index in [0.29, 0.717) is 12.0 Å². The highest BCUT2D eigenvalue weighted by molar-refractivity contribution is 6.25. The van der Waals surface area contributed by atoms with Gasteiger partial charge in [-0.3, -0.25) is 4.79 Å². The molecule has 2 nitrogen and oxygen atoms in total. The Bertz CT molecular complexity index is 501. The van der Waals surface area contributed by atoms with Gasteiger partial charge in [0.15, 0.2) is 5.78 Å². The van der Waals surface area contributed by atoms with Crippen molar-refractivity contribution in [3.05, 3.63) is 40.1 Å². The third-order valence-corrected chi connectivity index (χ3v) is 3.41. The van der Waals surface area contributed by atoms with Gasteiger partial charge in [0.25, 0.3) is 0 Å². The molecule has 1 aromatic carbocycles. The Balaban J connectivity index is 2.63. The van der Waals surface area contributed by atoms with Crippen molar-refractivity contribution < 1.29 is 9.90 Å². The van der Waals surface area contributed by atoms with Crippen LogP contribution in [0.1, 0.15) is 35.6 Å². The third kappa shape index (κ3) is 1.88. The molecule has 90 valence electrons. The monoisotopic (exact) mass is 230 g/mol. The Morgan fingerprint density at radius 2 is 1.71 bits per heavy atom. The van der Waals surface area contributed by atoms with Crippen molar-refractivity contribution in [2.75, 3.05) is 0 Å². The van der Waals surface area contributed by atoms with Crippen LogP contribution in [0, 0.1) is 26.7 Å². The molecule has 0 saturated heterocycles. The highest BCUT2D eigenvalue weighted by Gasteiger charge is 2.32. The topological polar surface area (TPSA) is 37.3 Å². The molecule has 0 amide bonds. The van der Waals surface area contributed by atoms with Gasteiger partial charge in [-0.1, -0.05) is 24.6 Å². The van der Waals surface area contributed by atoms with E-state index in [4.69, 9.17) is 0 Å². The Kier molecular flexibility index (Phi) is 2.82. The molecule has 1 N–H and O–H groups in total. The summed E-state index contributed by atoms with van der Waals surface area (Å²) in [6.07, 6.45) is 0.473. The molecule has 0 fully saturated rings. The van der Waals surface area contributed by atoms with Gasteiger partial charge >= 0.3 is 0 Å². The van der Waals surface area contributed by atoms with E-state index in [1.54, 1.807) is 0 Å². The van der Waals surface area contributed by atoms with Crippen molar-refractivity contribution in [2.45, 2.75) is 34.1 Å². The van der Waals surface area contributed by atoms with Crippen molar-refractivity contribution in [2.24, 2.45) is 5.92 Å². The first-order valence-corrected chi connectivity index (χ1v) is 5.96. The van der Waals surface area contributed by atoms with E-state index >= 15 is 0 Å². The predicted octanol–water partition coefficient (Wildman–Crippen LogP) is 3.49. The largest absolute Gasteiger partial charge is 0.512 e. The second-order valence-electron chi connectivity index (χ2n) is 5.06. The van der Waals surface area contributed by atoms with Gasteiger partial charge in [0.2, 0.25) is 0 Å². The van der Waals surface area contributed by atoms with Crippen molar-refractivity contribution in [1.82, 2.24) is 0 Å². The molecule has 0 saturated carbocycles. The Labute approximate surface area is 102 Å². The number of carbonyl (C=O) groups is 1. The van der Waals surface area contributed by atoms with E-state index in [1.807, 2.05) is 27.7 Å². The molecule has 0 bridgehead atoms. The highest BCUT2D eigenvalue weighted by atomic mass is 16.3. The third-order valence-electron chi connectivity index (χ3n) is 3.41. The van der Waals surface area contributed by atoms with Gasteiger partial charge in [-0.2, -0.15) is 0 Å². The fraction of sp³-hybridized carbons (Fsp3) is 0.400. The number of aryl methyl sites for hydroxylation is 3. The molecule has 2 heteroatoms. The number of rotatable bonds is 1. The summed E-state index contributed by atoms with van der Waals surface area (Å²) in [5.41, 5.74) is 4.76. The summed E-state index contributed by atoms with van der Waals surface area (Å²) in [4.78, 5) is 12.1. The highest BCUT2D eigenvalue weighted by Crippen LogP contribution is 2.36. The van der Waals surface area contributed by atoms with Crippen molar-refractivity contribution >= 4 is 11.4 Å². The van der Waals surface area contributed by atoms with Gasteiger partial charge in [0.1, 0.15) is 5.76 Å². The Hall–Kier alpha value is -1.57. The molecule has 2 rings (SSSR count). The smallest absolute Gasteiger partial charge is 0.170 e.